The molecule has 1 N–H and O–H groups in total. The molecule has 0 aliphatic rings. The van der Waals surface area contributed by atoms with E-state index in [1.54, 1.807) is 7.11 Å². The summed E-state index contributed by atoms with van der Waals surface area (Å²) in [5.41, 5.74) is 2.09. The van der Waals surface area contributed by atoms with Gasteiger partial charge in [-0.2, -0.15) is 0 Å². The van der Waals surface area contributed by atoms with E-state index in [-0.39, 0.29) is 5.91 Å². The van der Waals surface area contributed by atoms with Gasteiger partial charge in [0.25, 0.3) is 0 Å². The fraction of sp³-hybridized carbons (Fsp3) is 0.467. The fourth-order valence-electron chi connectivity index (χ4n) is 2.09. The quantitative estimate of drug-likeness (QED) is 0.600. The van der Waals surface area contributed by atoms with Gasteiger partial charge in [-0.25, -0.2) is 4.98 Å². The Morgan fingerprint density at radius 3 is 3.00 bits per heavy atom. The fourth-order valence-corrected chi connectivity index (χ4v) is 3.00. The van der Waals surface area contributed by atoms with Crippen molar-refractivity contribution in [1.29, 1.82) is 0 Å². The molecule has 0 bridgehead atoms. The second-order valence-corrected chi connectivity index (χ2v) is 5.55. The van der Waals surface area contributed by atoms with Crippen LogP contribution in [0.15, 0.2) is 29.4 Å². The summed E-state index contributed by atoms with van der Waals surface area (Å²) in [5, 5.41) is 3.78. The van der Waals surface area contributed by atoms with Crippen molar-refractivity contribution in [2.24, 2.45) is 0 Å². The van der Waals surface area contributed by atoms with Crippen LogP contribution >= 0.6 is 11.8 Å². The van der Waals surface area contributed by atoms with Crippen LogP contribution in [0.1, 0.15) is 13.3 Å². The summed E-state index contributed by atoms with van der Waals surface area (Å²) in [6.07, 6.45) is 0.834. The molecule has 5 nitrogen and oxygen atoms in total. The minimum absolute atomic E-state index is 0.0332. The lowest BCUT2D eigenvalue weighted by Gasteiger charge is -2.06. The SMILES string of the molecule is CCn1c(SCC(=O)NCCCOC)nc2ccccc21. The second kappa shape index (κ2) is 8.05. The van der Waals surface area contributed by atoms with E-state index in [0.717, 1.165) is 29.2 Å². The van der Waals surface area contributed by atoms with E-state index in [2.05, 4.69) is 27.9 Å². The Morgan fingerprint density at radius 2 is 2.24 bits per heavy atom. The van der Waals surface area contributed by atoms with Crippen LogP contribution in [0.25, 0.3) is 11.0 Å². The molecule has 1 amide bonds. The number of thioether (sulfide) groups is 1. The zero-order valence-corrected chi connectivity index (χ0v) is 13.3. The predicted octanol–water partition coefficient (Wildman–Crippen LogP) is 2.30. The Kier molecular flexibility index (Phi) is 6.07. The lowest BCUT2D eigenvalue weighted by molar-refractivity contribution is -0.118. The number of imidazole rings is 1. The minimum Gasteiger partial charge on any atom is -0.385 e. The molecule has 0 saturated heterocycles. The number of aryl methyl sites for hydroxylation is 1. The normalized spacial score (nSPS) is 11.0. The molecule has 1 aromatic heterocycles. The summed E-state index contributed by atoms with van der Waals surface area (Å²) < 4.78 is 7.08. The van der Waals surface area contributed by atoms with Crippen molar-refractivity contribution in [3.05, 3.63) is 24.3 Å². The van der Waals surface area contributed by atoms with Crippen LogP contribution in [-0.2, 0) is 16.1 Å². The molecule has 0 radical (unpaired) electrons. The van der Waals surface area contributed by atoms with Gasteiger partial charge in [0.15, 0.2) is 5.16 Å². The topological polar surface area (TPSA) is 56.2 Å². The number of para-hydroxylation sites is 2. The van der Waals surface area contributed by atoms with Crippen LogP contribution in [0.2, 0.25) is 0 Å². The molecule has 1 heterocycles. The largest absolute Gasteiger partial charge is 0.385 e. The maximum Gasteiger partial charge on any atom is 0.230 e. The van der Waals surface area contributed by atoms with Crippen molar-refractivity contribution >= 4 is 28.7 Å². The molecule has 0 saturated carbocycles. The summed E-state index contributed by atoms with van der Waals surface area (Å²) in [6, 6.07) is 8.04. The minimum atomic E-state index is 0.0332. The number of benzene rings is 1. The number of nitrogens with zero attached hydrogens (tertiary/aromatic N) is 2. The van der Waals surface area contributed by atoms with Gasteiger partial charge in [-0.15, -0.1) is 0 Å². The van der Waals surface area contributed by atoms with Crippen LogP contribution in [0, 0.1) is 0 Å². The molecular formula is C15H21N3O2S. The van der Waals surface area contributed by atoms with Crippen molar-refractivity contribution in [3.8, 4) is 0 Å². The van der Waals surface area contributed by atoms with Crippen molar-refractivity contribution in [1.82, 2.24) is 14.9 Å². The van der Waals surface area contributed by atoms with Gasteiger partial charge < -0.3 is 14.6 Å². The Balaban J connectivity index is 1.92. The third-order valence-corrected chi connectivity index (χ3v) is 4.09. The van der Waals surface area contributed by atoms with E-state index >= 15 is 0 Å². The van der Waals surface area contributed by atoms with Crippen molar-refractivity contribution in [2.75, 3.05) is 26.0 Å². The number of ether oxygens (including phenoxy) is 1. The summed E-state index contributed by atoms with van der Waals surface area (Å²) in [4.78, 5) is 16.4. The highest BCUT2D eigenvalue weighted by Crippen LogP contribution is 2.23. The third-order valence-electron chi connectivity index (χ3n) is 3.12. The highest BCUT2D eigenvalue weighted by Gasteiger charge is 2.11. The van der Waals surface area contributed by atoms with Crippen LogP contribution in [0.4, 0.5) is 0 Å². The van der Waals surface area contributed by atoms with Crippen LogP contribution in [-0.4, -0.2) is 41.5 Å². The lowest BCUT2D eigenvalue weighted by atomic mass is 10.3. The zero-order chi connectivity index (χ0) is 15.1. The number of fused-ring (bicyclic) bond motifs is 1. The molecule has 6 heteroatoms. The van der Waals surface area contributed by atoms with E-state index in [4.69, 9.17) is 4.74 Å². The summed E-state index contributed by atoms with van der Waals surface area (Å²) >= 11 is 1.48. The van der Waals surface area contributed by atoms with Gasteiger partial charge in [0.1, 0.15) is 0 Å². The molecule has 2 aromatic rings. The maximum absolute atomic E-state index is 11.8. The molecule has 0 fully saturated rings. The molecule has 21 heavy (non-hydrogen) atoms. The van der Waals surface area contributed by atoms with E-state index in [0.29, 0.717) is 18.9 Å². The number of hydrogen-bond donors (Lipinski definition) is 1. The summed E-state index contributed by atoms with van der Waals surface area (Å²) in [5.74, 6) is 0.418. The smallest absolute Gasteiger partial charge is 0.230 e. The molecule has 0 aliphatic heterocycles. The van der Waals surface area contributed by atoms with Crippen LogP contribution in [0.3, 0.4) is 0 Å². The van der Waals surface area contributed by atoms with E-state index < -0.39 is 0 Å². The Labute approximate surface area is 129 Å². The standard InChI is InChI=1S/C15H21N3O2S/c1-3-18-13-8-5-4-7-12(13)17-15(18)21-11-14(19)16-9-6-10-20-2/h4-5,7-8H,3,6,9-11H2,1-2H3,(H,16,19). The van der Waals surface area contributed by atoms with Crippen molar-refractivity contribution in [3.63, 3.8) is 0 Å². The maximum atomic E-state index is 11.8. The van der Waals surface area contributed by atoms with Gasteiger partial charge in [0.2, 0.25) is 5.91 Å². The van der Waals surface area contributed by atoms with Crippen LogP contribution < -0.4 is 5.32 Å². The van der Waals surface area contributed by atoms with E-state index in [1.165, 1.54) is 11.8 Å². The first-order chi connectivity index (χ1) is 10.3. The Hall–Kier alpha value is -1.53. The molecule has 0 atom stereocenters. The van der Waals surface area contributed by atoms with E-state index in [9.17, 15) is 4.79 Å². The number of amides is 1. The summed E-state index contributed by atoms with van der Waals surface area (Å²) in [7, 11) is 1.66. The van der Waals surface area contributed by atoms with Gasteiger partial charge in [-0.1, -0.05) is 23.9 Å². The van der Waals surface area contributed by atoms with Crippen molar-refractivity contribution in [2.45, 2.75) is 25.0 Å². The Morgan fingerprint density at radius 1 is 1.43 bits per heavy atom. The number of methoxy groups -OCH3 is 1. The van der Waals surface area contributed by atoms with Gasteiger partial charge in [-0.3, -0.25) is 4.79 Å². The first kappa shape index (κ1) is 15.9. The molecule has 2 rings (SSSR count). The number of hydrogen-bond acceptors (Lipinski definition) is 4. The molecule has 1 aromatic carbocycles. The number of carbonyl (C=O) groups excluding carboxylic acids is 1. The molecule has 0 spiro atoms. The zero-order valence-electron chi connectivity index (χ0n) is 12.5. The van der Waals surface area contributed by atoms with Gasteiger partial charge in [0.05, 0.1) is 16.8 Å². The van der Waals surface area contributed by atoms with Crippen LogP contribution in [0.5, 0.6) is 0 Å². The highest BCUT2D eigenvalue weighted by molar-refractivity contribution is 7.99. The van der Waals surface area contributed by atoms with Crippen molar-refractivity contribution < 1.29 is 9.53 Å². The first-order valence-electron chi connectivity index (χ1n) is 7.10. The Bertz CT molecular complexity index is 598. The second-order valence-electron chi connectivity index (χ2n) is 4.61. The number of aromatic nitrogens is 2. The average molecular weight is 307 g/mol. The monoisotopic (exact) mass is 307 g/mol. The van der Waals surface area contributed by atoms with Gasteiger partial charge in [-0.05, 0) is 25.5 Å². The highest BCUT2D eigenvalue weighted by atomic mass is 32.2. The number of carbonyl (C=O) groups is 1. The molecule has 0 unspecified atom stereocenters. The lowest BCUT2D eigenvalue weighted by Crippen LogP contribution is -2.26. The summed E-state index contributed by atoms with van der Waals surface area (Å²) in [6.45, 7) is 4.25. The average Bonchev–Trinajstić information content (AvgIpc) is 2.87. The van der Waals surface area contributed by atoms with Gasteiger partial charge >= 0.3 is 0 Å². The predicted molar refractivity (Wildman–Crippen MR) is 85.6 cm³/mol. The van der Waals surface area contributed by atoms with E-state index in [1.807, 2.05) is 18.2 Å². The molecule has 114 valence electrons. The molecular weight excluding hydrogens is 286 g/mol. The number of rotatable bonds is 8. The third kappa shape index (κ3) is 4.22. The molecule has 0 aliphatic carbocycles. The number of nitrogens with one attached hydrogen (secondary N) is 1. The first-order valence-corrected chi connectivity index (χ1v) is 8.08. The van der Waals surface area contributed by atoms with Gasteiger partial charge in [0, 0.05) is 26.8 Å².